The number of benzene rings is 1. The zero-order valence-corrected chi connectivity index (χ0v) is 24.2. The molecule has 0 unspecified atom stereocenters. The van der Waals surface area contributed by atoms with Crippen LogP contribution in [0.15, 0.2) is 65.3 Å². The van der Waals surface area contributed by atoms with Gasteiger partial charge in [-0.15, -0.1) is 11.3 Å². The van der Waals surface area contributed by atoms with Gasteiger partial charge in [0.05, 0.1) is 11.1 Å². The van der Waals surface area contributed by atoms with E-state index in [0.29, 0.717) is 29.6 Å². The van der Waals surface area contributed by atoms with Crippen LogP contribution in [0.4, 0.5) is 5.69 Å². The Morgan fingerprint density at radius 1 is 1.05 bits per heavy atom. The number of hydrogen-bond acceptors (Lipinski definition) is 7. The fourth-order valence-electron chi connectivity index (χ4n) is 5.56. The summed E-state index contributed by atoms with van der Waals surface area (Å²) >= 11 is 1.39. The maximum Gasteiger partial charge on any atom is 0.279 e. The van der Waals surface area contributed by atoms with Crippen molar-refractivity contribution >= 4 is 38.9 Å². The number of thiophene rings is 1. The van der Waals surface area contributed by atoms with E-state index in [9.17, 15) is 18.0 Å². The van der Waals surface area contributed by atoms with Crippen molar-refractivity contribution in [1.82, 2.24) is 19.6 Å². The number of carbonyl (C=O) groups excluding carboxylic acids is 2. The van der Waals surface area contributed by atoms with Crippen LogP contribution in [0.2, 0.25) is 0 Å². The number of hydrogen-bond donors (Lipinski definition) is 1. The minimum absolute atomic E-state index is 0.0524. The summed E-state index contributed by atoms with van der Waals surface area (Å²) in [6.45, 7) is 3.04. The zero-order valence-electron chi connectivity index (χ0n) is 22.6. The second-order valence-electron chi connectivity index (χ2n) is 10.6. The lowest BCUT2D eigenvalue weighted by molar-refractivity contribution is -0.123. The summed E-state index contributed by atoms with van der Waals surface area (Å²) in [6.07, 6.45) is 11.2. The predicted octanol–water partition coefficient (Wildman–Crippen LogP) is 4.80. The van der Waals surface area contributed by atoms with Crippen molar-refractivity contribution < 1.29 is 18.0 Å². The van der Waals surface area contributed by atoms with Gasteiger partial charge in [0.15, 0.2) is 6.04 Å². The van der Waals surface area contributed by atoms with E-state index >= 15 is 0 Å². The maximum absolute atomic E-state index is 14.0. The van der Waals surface area contributed by atoms with E-state index in [0.717, 1.165) is 44.9 Å². The number of sulfonamides is 1. The summed E-state index contributed by atoms with van der Waals surface area (Å²) in [5.74, 6) is -0.464. The number of aromatic nitrogens is 2. The third-order valence-electron chi connectivity index (χ3n) is 7.64. The Morgan fingerprint density at radius 2 is 1.82 bits per heavy atom. The third-order valence-corrected chi connectivity index (χ3v) is 10.4. The highest BCUT2D eigenvalue weighted by Gasteiger charge is 2.36. The molecule has 2 amide bonds. The van der Waals surface area contributed by atoms with Gasteiger partial charge >= 0.3 is 0 Å². The van der Waals surface area contributed by atoms with E-state index in [1.165, 1.54) is 51.3 Å². The standard InChI is InChI=1S/C29H35N5O4S2/c1-21-7-5-17-33(20-21)40(37,38)24-13-11-23(12-14-24)34(29(36)25-19-30-15-16-31-25)27(26-10-6-18-39-26)28(35)32-22-8-3-2-4-9-22/h6,10-16,18-19,21-22,27H,2-5,7-9,17,20H2,1H3,(H,32,35)/t21-,27+/m0/s1. The lowest BCUT2D eigenvalue weighted by Gasteiger charge is -2.33. The molecule has 11 heteroatoms. The Bertz CT molecular complexity index is 1390. The highest BCUT2D eigenvalue weighted by molar-refractivity contribution is 7.89. The van der Waals surface area contributed by atoms with Gasteiger partial charge in [-0.2, -0.15) is 4.31 Å². The normalized spacial score (nSPS) is 19.6. The summed E-state index contributed by atoms with van der Waals surface area (Å²) < 4.78 is 28.3. The number of amides is 2. The predicted molar refractivity (Wildman–Crippen MR) is 155 cm³/mol. The van der Waals surface area contributed by atoms with Gasteiger partial charge in [0.1, 0.15) is 5.69 Å². The molecule has 0 spiro atoms. The first kappa shape index (κ1) is 28.4. The summed E-state index contributed by atoms with van der Waals surface area (Å²) in [5, 5.41) is 5.05. The number of nitrogens with one attached hydrogen (secondary N) is 1. The zero-order chi connectivity index (χ0) is 28.1. The van der Waals surface area contributed by atoms with Gasteiger partial charge in [-0.3, -0.25) is 19.5 Å². The Labute approximate surface area is 239 Å². The van der Waals surface area contributed by atoms with Crippen molar-refractivity contribution in [2.75, 3.05) is 18.0 Å². The van der Waals surface area contributed by atoms with Crippen molar-refractivity contribution in [2.24, 2.45) is 5.92 Å². The van der Waals surface area contributed by atoms with Crippen molar-refractivity contribution in [2.45, 2.75) is 68.8 Å². The van der Waals surface area contributed by atoms with Gasteiger partial charge < -0.3 is 5.32 Å². The molecule has 1 saturated carbocycles. The molecule has 2 aromatic heterocycles. The van der Waals surface area contributed by atoms with Crippen LogP contribution in [-0.4, -0.2) is 53.6 Å². The largest absolute Gasteiger partial charge is 0.351 e. The first-order valence-corrected chi connectivity index (χ1v) is 16.2. The van der Waals surface area contributed by atoms with E-state index in [4.69, 9.17) is 0 Å². The van der Waals surface area contributed by atoms with Crippen molar-refractivity contribution in [3.8, 4) is 0 Å². The summed E-state index contributed by atoms with van der Waals surface area (Å²) in [7, 11) is -3.68. The first-order chi connectivity index (χ1) is 19.3. The van der Waals surface area contributed by atoms with Crippen molar-refractivity contribution in [3.63, 3.8) is 0 Å². The van der Waals surface area contributed by atoms with Gasteiger partial charge in [0, 0.05) is 42.1 Å². The van der Waals surface area contributed by atoms with Gasteiger partial charge in [0.2, 0.25) is 15.9 Å². The molecule has 3 aromatic rings. The highest BCUT2D eigenvalue weighted by atomic mass is 32.2. The number of nitrogens with zero attached hydrogens (tertiary/aromatic N) is 4. The fourth-order valence-corrected chi connectivity index (χ4v) is 7.97. The van der Waals surface area contributed by atoms with E-state index in [1.54, 1.807) is 12.1 Å². The molecular formula is C29H35N5O4S2. The Kier molecular flexibility index (Phi) is 8.92. The van der Waals surface area contributed by atoms with E-state index < -0.39 is 22.0 Å². The molecule has 1 saturated heterocycles. The molecule has 212 valence electrons. The molecule has 1 N–H and O–H groups in total. The molecule has 2 aliphatic rings. The summed E-state index contributed by atoms with van der Waals surface area (Å²) in [4.78, 5) is 38.4. The van der Waals surface area contributed by atoms with Crippen LogP contribution in [-0.2, 0) is 14.8 Å². The maximum atomic E-state index is 14.0. The molecule has 9 nitrogen and oxygen atoms in total. The molecule has 0 bridgehead atoms. The second kappa shape index (κ2) is 12.6. The molecule has 40 heavy (non-hydrogen) atoms. The van der Waals surface area contributed by atoms with Gasteiger partial charge in [-0.25, -0.2) is 13.4 Å². The fraction of sp³-hybridized carbons (Fsp3) is 0.448. The molecule has 1 aliphatic heterocycles. The van der Waals surface area contributed by atoms with Gasteiger partial charge in [-0.1, -0.05) is 32.3 Å². The molecular weight excluding hydrogens is 546 g/mol. The molecule has 2 atom stereocenters. The summed E-state index contributed by atoms with van der Waals surface area (Å²) in [5.41, 5.74) is 0.493. The van der Waals surface area contributed by atoms with Crippen LogP contribution in [0.5, 0.6) is 0 Å². The SMILES string of the molecule is C[C@H]1CCCN(S(=O)(=O)c2ccc(N(C(=O)c3cnccn3)[C@@H](C(=O)NC3CCCCC3)c3cccs3)cc2)C1. The van der Waals surface area contributed by atoms with Gasteiger partial charge in [0.25, 0.3) is 5.91 Å². The third kappa shape index (κ3) is 6.26. The number of piperidine rings is 1. The average molecular weight is 582 g/mol. The smallest absolute Gasteiger partial charge is 0.279 e. The highest BCUT2D eigenvalue weighted by Crippen LogP contribution is 2.34. The molecule has 5 rings (SSSR count). The molecule has 3 heterocycles. The molecule has 1 aliphatic carbocycles. The van der Waals surface area contributed by atoms with E-state index in [2.05, 4.69) is 22.2 Å². The summed E-state index contributed by atoms with van der Waals surface area (Å²) in [6, 6.07) is 9.02. The van der Waals surface area contributed by atoms with Crippen LogP contribution < -0.4 is 10.2 Å². The Balaban J connectivity index is 1.52. The number of anilines is 1. The van der Waals surface area contributed by atoms with Crippen LogP contribution in [0.3, 0.4) is 0 Å². The Morgan fingerprint density at radius 3 is 2.48 bits per heavy atom. The first-order valence-electron chi connectivity index (χ1n) is 13.9. The Hall–Kier alpha value is -3.15. The quantitative estimate of drug-likeness (QED) is 0.409. The second-order valence-corrected chi connectivity index (χ2v) is 13.5. The van der Waals surface area contributed by atoms with Crippen molar-refractivity contribution in [3.05, 3.63) is 70.9 Å². The van der Waals surface area contributed by atoms with Crippen LogP contribution in [0.25, 0.3) is 0 Å². The van der Waals surface area contributed by atoms with Crippen LogP contribution >= 0.6 is 11.3 Å². The topological polar surface area (TPSA) is 113 Å². The van der Waals surface area contributed by atoms with Crippen LogP contribution in [0.1, 0.15) is 73.3 Å². The minimum Gasteiger partial charge on any atom is -0.351 e. The molecule has 0 radical (unpaired) electrons. The number of rotatable bonds is 8. The van der Waals surface area contributed by atoms with E-state index in [1.807, 2.05) is 17.5 Å². The van der Waals surface area contributed by atoms with Gasteiger partial charge in [-0.05, 0) is 67.3 Å². The van der Waals surface area contributed by atoms with E-state index in [-0.39, 0.29) is 22.5 Å². The molecule has 1 aromatic carbocycles. The lowest BCUT2D eigenvalue weighted by Crippen LogP contribution is -2.47. The monoisotopic (exact) mass is 581 g/mol. The minimum atomic E-state index is -3.68. The molecule has 2 fully saturated rings. The lowest BCUT2D eigenvalue weighted by atomic mass is 9.95. The van der Waals surface area contributed by atoms with Crippen LogP contribution in [0, 0.1) is 5.92 Å². The van der Waals surface area contributed by atoms with Crippen molar-refractivity contribution in [1.29, 1.82) is 0 Å². The number of carbonyl (C=O) groups is 2. The average Bonchev–Trinajstić information content (AvgIpc) is 3.51.